The monoisotopic (exact) mass is 354 g/mol. The first-order valence-corrected chi connectivity index (χ1v) is 7.89. The summed E-state index contributed by atoms with van der Waals surface area (Å²) in [5.41, 5.74) is 2.83. The lowest BCUT2D eigenvalue weighted by atomic mass is 10.0. The van der Waals surface area contributed by atoms with Crippen molar-refractivity contribution in [3.05, 3.63) is 75.9 Å². The molecule has 3 nitrogen and oxygen atoms in total. The number of hydrogen-bond acceptors (Lipinski definition) is 3. The van der Waals surface area contributed by atoms with Gasteiger partial charge in [0.15, 0.2) is 6.61 Å². The summed E-state index contributed by atoms with van der Waals surface area (Å²) in [5, 5.41) is 5.97. The fourth-order valence-electron chi connectivity index (χ4n) is 2.28. The van der Waals surface area contributed by atoms with E-state index in [1.165, 1.54) is 0 Å². The molecule has 24 heavy (non-hydrogen) atoms. The number of halogens is 2. The summed E-state index contributed by atoms with van der Waals surface area (Å²) in [6, 6.07) is 15.1. The van der Waals surface area contributed by atoms with Crippen LogP contribution in [0.15, 0.2) is 59.9 Å². The molecule has 0 unspecified atom stereocenters. The molecule has 0 aliphatic heterocycles. The van der Waals surface area contributed by atoms with Gasteiger partial charge >= 0.3 is 0 Å². The molecule has 0 radical (unpaired) electrons. The molecule has 1 heterocycles. The summed E-state index contributed by atoms with van der Waals surface area (Å²) in [4.78, 5) is 9.64. The van der Waals surface area contributed by atoms with E-state index in [9.17, 15) is 0 Å². The van der Waals surface area contributed by atoms with Crippen molar-refractivity contribution in [1.82, 2.24) is 4.98 Å². The zero-order valence-corrected chi connectivity index (χ0v) is 14.1. The largest absolute Gasteiger partial charge is 0.382 e. The topological polar surface area (TPSA) is 34.5 Å². The molecule has 0 aliphatic rings. The van der Waals surface area contributed by atoms with E-state index in [0.29, 0.717) is 21.3 Å². The minimum absolute atomic E-state index is 0.0582. The van der Waals surface area contributed by atoms with Crippen molar-refractivity contribution in [3.8, 4) is 12.3 Å². The van der Waals surface area contributed by atoms with Crippen molar-refractivity contribution in [1.29, 1.82) is 0 Å². The fourth-order valence-corrected chi connectivity index (χ4v) is 2.67. The lowest BCUT2D eigenvalue weighted by molar-refractivity contribution is 0.180. The Kier molecular flexibility index (Phi) is 5.00. The van der Waals surface area contributed by atoms with Gasteiger partial charge in [-0.25, -0.2) is 0 Å². The van der Waals surface area contributed by atoms with E-state index in [0.717, 1.165) is 16.5 Å². The summed E-state index contributed by atoms with van der Waals surface area (Å²) in [7, 11) is 0. The van der Waals surface area contributed by atoms with Gasteiger partial charge in [0.2, 0.25) is 0 Å². The van der Waals surface area contributed by atoms with Crippen molar-refractivity contribution >= 4 is 39.8 Å². The van der Waals surface area contributed by atoms with Gasteiger partial charge in [0.25, 0.3) is 0 Å². The Morgan fingerprint density at radius 2 is 2.00 bits per heavy atom. The van der Waals surface area contributed by atoms with Gasteiger partial charge in [-0.3, -0.25) is 4.98 Å². The average Bonchev–Trinajstić information content (AvgIpc) is 2.61. The van der Waals surface area contributed by atoms with Gasteiger partial charge in [0.1, 0.15) is 5.71 Å². The summed E-state index contributed by atoms with van der Waals surface area (Å²) in [6.07, 6.45) is 6.94. The van der Waals surface area contributed by atoms with Crippen LogP contribution in [-0.4, -0.2) is 17.3 Å². The summed E-state index contributed by atoms with van der Waals surface area (Å²) >= 11 is 12.5. The van der Waals surface area contributed by atoms with Gasteiger partial charge in [-0.15, -0.1) is 6.42 Å². The molecule has 0 atom stereocenters. The molecule has 118 valence electrons. The number of para-hydroxylation sites is 1. The van der Waals surface area contributed by atoms with E-state index in [4.69, 9.17) is 34.5 Å². The van der Waals surface area contributed by atoms with Crippen LogP contribution in [0.25, 0.3) is 10.9 Å². The van der Waals surface area contributed by atoms with Crippen molar-refractivity contribution in [2.45, 2.75) is 0 Å². The Balaban J connectivity index is 2.15. The Hall–Kier alpha value is -2.54. The first kappa shape index (κ1) is 16.3. The van der Waals surface area contributed by atoms with Crippen LogP contribution < -0.4 is 0 Å². The quantitative estimate of drug-likeness (QED) is 0.287. The van der Waals surface area contributed by atoms with Crippen LogP contribution in [0.2, 0.25) is 10.0 Å². The van der Waals surface area contributed by atoms with E-state index in [1.807, 2.05) is 36.4 Å². The molecule has 0 spiro atoms. The van der Waals surface area contributed by atoms with Crippen LogP contribution in [0.3, 0.4) is 0 Å². The van der Waals surface area contributed by atoms with Gasteiger partial charge in [-0.05, 0) is 18.2 Å². The number of pyridine rings is 1. The Morgan fingerprint density at radius 1 is 1.17 bits per heavy atom. The van der Waals surface area contributed by atoms with E-state index in [1.54, 1.807) is 18.3 Å². The zero-order chi connectivity index (χ0) is 16.9. The van der Waals surface area contributed by atoms with Gasteiger partial charge in [-0.1, -0.05) is 64.6 Å². The zero-order valence-electron chi connectivity index (χ0n) is 12.5. The first-order valence-electron chi connectivity index (χ1n) is 7.13. The van der Waals surface area contributed by atoms with Gasteiger partial charge in [0.05, 0.1) is 15.6 Å². The van der Waals surface area contributed by atoms with Crippen LogP contribution in [0.5, 0.6) is 0 Å². The molecule has 3 aromatic rings. The van der Waals surface area contributed by atoms with E-state index in [-0.39, 0.29) is 6.61 Å². The van der Waals surface area contributed by atoms with E-state index < -0.39 is 0 Å². The third kappa shape index (κ3) is 3.35. The SMILES string of the molecule is C#CCON=C(c1cnc2ccccc2c1)c1cccc(Cl)c1Cl. The van der Waals surface area contributed by atoms with E-state index >= 15 is 0 Å². The third-order valence-corrected chi connectivity index (χ3v) is 4.19. The van der Waals surface area contributed by atoms with Crippen LogP contribution in [0.1, 0.15) is 11.1 Å². The second-order valence-corrected chi connectivity index (χ2v) is 5.72. The Labute approximate surface area is 149 Å². The molecular weight excluding hydrogens is 343 g/mol. The normalized spacial score (nSPS) is 11.3. The predicted molar refractivity (Wildman–Crippen MR) is 98.6 cm³/mol. The lowest BCUT2D eigenvalue weighted by Gasteiger charge is -2.10. The maximum absolute atomic E-state index is 6.34. The minimum atomic E-state index is 0.0582. The molecule has 2 aromatic carbocycles. The van der Waals surface area contributed by atoms with Crippen LogP contribution in [0, 0.1) is 12.3 Å². The number of benzene rings is 2. The highest BCUT2D eigenvalue weighted by Gasteiger charge is 2.15. The minimum Gasteiger partial charge on any atom is -0.382 e. The second-order valence-electron chi connectivity index (χ2n) is 4.94. The smallest absolute Gasteiger partial charge is 0.177 e. The highest BCUT2D eigenvalue weighted by molar-refractivity contribution is 6.44. The predicted octanol–water partition coefficient (Wildman–Crippen LogP) is 4.94. The Morgan fingerprint density at radius 3 is 2.83 bits per heavy atom. The molecule has 0 saturated heterocycles. The van der Waals surface area contributed by atoms with Crippen LogP contribution in [0.4, 0.5) is 0 Å². The summed E-state index contributed by atoms with van der Waals surface area (Å²) in [6.45, 7) is 0.0582. The maximum atomic E-state index is 6.34. The van der Waals surface area contributed by atoms with Crippen LogP contribution in [-0.2, 0) is 4.84 Å². The number of terminal acetylenes is 1. The molecule has 5 heteroatoms. The number of rotatable bonds is 4. The molecule has 0 amide bonds. The standard InChI is InChI=1S/C19H12Cl2N2O/c1-2-10-24-23-19(15-7-5-8-16(20)18(15)21)14-11-13-6-3-4-9-17(13)22-12-14/h1,3-9,11-12H,10H2. The summed E-state index contributed by atoms with van der Waals surface area (Å²) in [5.74, 6) is 2.38. The molecule has 0 fully saturated rings. The Bertz CT molecular complexity index is 961. The molecule has 0 N–H and O–H groups in total. The number of aromatic nitrogens is 1. The molecule has 0 aliphatic carbocycles. The van der Waals surface area contributed by atoms with Crippen LogP contribution >= 0.6 is 23.2 Å². The third-order valence-electron chi connectivity index (χ3n) is 3.37. The molecular formula is C19H12Cl2N2O. The highest BCUT2D eigenvalue weighted by Crippen LogP contribution is 2.28. The van der Waals surface area contributed by atoms with Crippen molar-refractivity contribution in [2.75, 3.05) is 6.61 Å². The fraction of sp³-hybridized carbons (Fsp3) is 0.0526. The molecule has 3 rings (SSSR count). The van der Waals surface area contributed by atoms with Crippen molar-refractivity contribution in [2.24, 2.45) is 5.16 Å². The number of fused-ring (bicyclic) bond motifs is 1. The lowest BCUT2D eigenvalue weighted by Crippen LogP contribution is -2.06. The second kappa shape index (κ2) is 7.35. The molecule has 0 saturated carbocycles. The molecule has 0 bridgehead atoms. The highest BCUT2D eigenvalue weighted by atomic mass is 35.5. The van der Waals surface area contributed by atoms with Gasteiger partial charge < -0.3 is 4.84 Å². The summed E-state index contributed by atoms with van der Waals surface area (Å²) < 4.78 is 0. The maximum Gasteiger partial charge on any atom is 0.177 e. The van der Waals surface area contributed by atoms with Crippen molar-refractivity contribution in [3.63, 3.8) is 0 Å². The first-order chi connectivity index (χ1) is 11.7. The van der Waals surface area contributed by atoms with Gasteiger partial charge in [-0.2, -0.15) is 0 Å². The number of nitrogens with zero attached hydrogens (tertiary/aromatic N) is 2. The van der Waals surface area contributed by atoms with Crippen molar-refractivity contribution < 1.29 is 4.84 Å². The van der Waals surface area contributed by atoms with E-state index in [2.05, 4.69) is 16.1 Å². The number of hydrogen-bond donors (Lipinski definition) is 0. The van der Waals surface area contributed by atoms with Gasteiger partial charge in [0, 0.05) is 22.7 Å². The number of oxime groups is 1. The molecule has 1 aromatic heterocycles. The average molecular weight is 355 g/mol.